The van der Waals surface area contributed by atoms with Crippen LogP contribution in [0.2, 0.25) is 0 Å². The average Bonchev–Trinajstić information content (AvgIpc) is 2.57. The first-order chi connectivity index (χ1) is 11.9. The van der Waals surface area contributed by atoms with E-state index in [0.717, 1.165) is 5.56 Å². The van der Waals surface area contributed by atoms with Crippen LogP contribution >= 0.6 is 0 Å². The number of rotatable bonds is 8. The second-order valence-electron chi connectivity index (χ2n) is 6.13. The monoisotopic (exact) mass is 369 g/mol. The van der Waals surface area contributed by atoms with Crippen molar-refractivity contribution in [1.29, 1.82) is 0 Å². The minimum Gasteiger partial charge on any atom is -0.494 e. The molecule has 0 saturated carbocycles. The van der Waals surface area contributed by atoms with Crippen molar-refractivity contribution < 1.29 is 27.9 Å². The molecule has 25 heavy (non-hydrogen) atoms. The van der Waals surface area contributed by atoms with E-state index >= 15 is 0 Å². The van der Waals surface area contributed by atoms with Crippen LogP contribution in [-0.2, 0) is 26.0 Å². The number of carboxylic acid groups (broad SMARTS) is 1. The lowest BCUT2D eigenvalue weighted by Gasteiger charge is -2.21. The molecule has 0 unspecified atom stereocenters. The van der Waals surface area contributed by atoms with Crippen LogP contribution in [-0.4, -0.2) is 43.5 Å². The Labute approximate surface area is 147 Å². The third-order valence-corrected chi connectivity index (χ3v) is 5.83. The Bertz CT molecular complexity index is 684. The maximum atomic E-state index is 12.1. The molecule has 2 N–H and O–H groups in total. The van der Waals surface area contributed by atoms with Gasteiger partial charge in [-0.25, -0.2) is 8.42 Å². The van der Waals surface area contributed by atoms with Gasteiger partial charge in [-0.15, -0.1) is 0 Å². The second kappa shape index (κ2) is 8.84. The van der Waals surface area contributed by atoms with Crippen LogP contribution in [0.15, 0.2) is 24.3 Å². The van der Waals surface area contributed by atoms with Gasteiger partial charge in [-0.1, -0.05) is 12.1 Å². The van der Waals surface area contributed by atoms with E-state index in [0.29, 0.717) is 38.2 Å². The Morgan fingerprint density at radius 2 is 1.80 bits per heavy atom. The minimum absolute atomic E-state index is 0.0760. The predicted molar refractivity (Wildman–Crippen MR) is 92.0 cm³/mol. The molecule has 1 aliphatic rings. The molecular weight excluding hydrogens is 346 g/mol. The first kappa shape index (κ1) is 19.2. The van der Waals surface area contributed by atoms with Crippen molar-refractivity contribution in [2.24, 2.45) is 5.92 Å². The Balaban J connectivity index is 1.72. The Morgan fingerprint density at radius 3 is 2.40 bits per heavy atom. The molecule has 138 valence electrons. The van der Waals surface area contributed by atoms with E-state index in [1.807, 2.05) is 12.1 Å². The van der Waals surface area contributed by atoms with Crippen LogP contribution < -0.4 is 10.1 Å². The molecule has 1 heterocycles. The summed E-state index contributed by atoms with van der Waals surface area (Å²) in [5.41, 5.74) is 0.912. The number of hydrogen-bond donors (Lipinski definition) is 2. The number of carbonyl (C=O) groups is 2. The van der Waals surface area contributed by atoms with Gasteiger partial charge >= 0.3 is 5.97 Å². The number of amides is 1. The van der Waals surface area contributed by atoms with Crippen LogP contribution in [0.25, 0.3) is 0 Å². The topological polar surface area (TPSA) is 110 Å². The third-order valence-electron chi connectivity index (χ3n) is 4.12. The molecule has 7 nitrogen and oxygen atoms in total. The molecule has 8 heteroatoms. The molecule has 1 aromatic rings. The normalized spacial score (nSPS) is 17.0. The number of benzene rings is 1. The summed E-state index contributed by atoms with van der Waals surface area (Å²) in [6.07, 6.45) is 1.30. The van der Waals surface area contributed by atoms with Gasteiger partial charge in [-0.05, 0) is 37.0 Å². The molecule has 0 aromatic heterocycles. The number of ether oxygens (including phenoxy) is 1. The maximum absolute atomic E-state index is 12.1. The van der Waals surface area contributed by atoms with Crippen molar-refractivity contribution in [2.45, 2.75) is 32.2 Å². The Kier molecular flexibility index (Phi) is 6.81. The van der Waals surface area contributed by atoms with E-state index in [9.17, 15) is 18.0 Å². The first-order valence-corrected chi connectivity index (χ1v) is 10.1. The molecule has 1 amide bonds. The van der Waals surface area contributed by atoms with Crippen molar-refractivity contribution in [3.05, 3.63) is 29.8 Å². The maximum Gasteiger partial charge on any atom is 0.303 e. The first-order valence-electron chi connectivity index (χ1n) is 8.27. The van der Waals surface area contributed by atoms with E-state index in [1.54, 1.807) is 12.1 Å². The van der Waals surface area contributed by atoms with Gasteiger partial charge in [0, 0.05) is 18.9 Å². The van der Waals surface area contributed by atoms with Crippen LogP contribution in [0.5, 0.6) is 5.75 Å². The molecule has 2 rings (SSSR count). The molecule has 1 aromatic carbocycles. The number of carboxylic acids is 1. The highest BCUT2D eigenvalue weighted by Crippen LogP contribution is 2.19. The largest absolute Gasteiger partial charge is 0.494 e. The summed E-state index contributed by atoms with van der Waals surface area (Å²) in [6, 6.07) is 7.21. The highest BCUT2D eigenvalue weighted by molar-refractivity contribution is 7.91. The summed E-state index contributed by atoms with van der Waals surface area (Å²) in [5.74, 6) is -0.370. The van der Waals surface area contributed by atoms with Crippen LogP contribution in [0.1, 0.15) is 31.2 Å². The van der Waals surface area contributed by atoms with Crippen molar-refractivity contribution in [1.82, 2.24) is 5.32 Å². The van der Waals surface area contributed by atoms with Crippen molar-refractivity contribution >= 4 is 21.7 Å². The molecule has 0 aliphatic carbocycles. The molecule has 1 fully saturated rings. The molecule has 0 spiro atoms. The zero-order valence-corrected chi connectivity index (χ0v) is 14.8. The molecule has 1 aliphatic heterocycles. The highest BCUT2D eigenvalue weighted by atomic mass is 32.2. The van der Waals surface area contributed by atoms with E-state index in [-0.39, 0.29) is 29.8 Å². The summed E-state index contributed by atoms with van der Waals surface area (Å²) in [5, 5.41) is 11.4. The van der Waals surface area contributed by atoms with Gasteiger partial charge in [-0.2, -0.15) is 0 Å². The average molecular weight is 369 g/mol. The number of nitrogens with one attached hydrogen (secondary N) is 1. The lowest BCUT2D eigenvalue weighted by atomic mass is 10.0. The van der Waals surface area contributed by atoms with Gasteiger partial charge in [-0.3, -0.25) is 9.59 Å². The Morgan fingerprint density at radius 1 is 1.16 bits per heavy atom. The third kappa shape index (κ3) is 6.74. The summed E-state index contributed by atoms with van der Waals surface area (Å²) < 4.78 is 28.2. The lowest BCUT2D eigenvalue weighted by Crippen LogP contribution is -2.35. The smallest absolute Gasteiger partial charge is 0.303 e. The van der Waals surface area contributed by atoms with E-state index in [2.05, 4.69) is 5.32 Å². The second-order valence-corrected chi connectivity index (χ2v) is 8.44. The fraction of sp³-hybridized carbons (Fsp3) is 0.529. The van der Waals surface area contributed by atoms with Crippen LogP contribution in [0, 0.1) is 5.92 Å². The van der Waals surface area contributed by atoms with E-state index < -0.39 is 15.8 Å². The van der Waals surface area contributed by atoms with Crippen molar-refractivity contribution in [2.75, 3.05) is 18.1 Å². The fourth-order valence-electron chi connectivity index (χ4n) is 2.60. The predicted octanol–water partition coefficient (Wildman–Crippen LogP) is 1.37. The fourth-order valence-corrected chi connectivity index (χ4v) is 4.09. The molecular formula is C17H23NO6S. The van der Waals surface area contributed by atoms with Gasteiger partial charge in [0.1, 0.15) is 15.6 Å². The number of aliphatic carboxylic acids is 1. The van der Waals surface area contributed by atoms with Gasteiger partial charge in [0.25, 0.3) is 0 Å². The zero-order valence-electron chi connectivity index (χ0n) is 13.9. The van der Waals surface area contributed by atoms with Crippen LogP contribution in [0.4, 0.5) is 0 Å². The highest BCUT2D eigenvalue weighted by Gasteiger charge is 2.28. The summed E-state index contributed by atoms with van der Waals surface area (Å²) in [7, 11) is -2.96. The minimum atomic E-state index is -2.96. The van der Waals surface area contributed by atoms with Gasteiger partial charge in [0.15, 0.2) is 0 Å². The lowest BCUT2D eigenvalue weighted by molar-refractivity contribution is -0.137. The van der Waals surface area contributed by atoms with Crippen LogP contribution in [0.3, 0.4) is 0 Å². The molecule has 1 saturated heterocycles. The van der Waals surface area contributed by atoms with Gasteiger partial charge in [0.05, 0.1) is 18.1 Å². The summed E-state index contributed by atoms with van der Waals surface area (Å²) >= 11 is 0. The Hall–Kier alpha value is -2.09. The number of sulfone groups is 1. The standard InChI is InChI=1S/C17H23NO6S/c19-16(20)2-1-9-24-15-5-3-13(4-6-15)12-18-17(21)14-7-10-25(22,23)11-8-14/h3-6,14H,1-2,7-12H2,(H,18,21)(H,19,20). The summed E-state index contributed by atoms with van der Waals surface area (Å²) in [4.78, 5) is 22.5. The molecule has 0 bridgehead atoms. The van der Waals surface area contributed by atoms with Crippen molar-refractivity contribution in [3.8, 4) is 5.75 Å². The van der Waals surface area contributed by atoms with Gasteiger partial charge in [0.2, 0.25) is 5.91 Å². The molecule has 0 radical (unpaired) electrons. The van der Waals surface area contributed by atoms with Gasteiger partial charge < -0.3 is 15.2 Å². The number of hydrogen-bond acceptors (Lipinski definition) is 5. The van der Waals surface area contributed by atoms with Crippen molar-refractivity contribution in [3.63, 3.8) is 0 Å². The molecule has 0 atom stereocenters. The van der Waals surface area contributed by atoms with E-state index in [1.165, 1.54) is 0 Å². The number of carbonyl (C=O) groups excluding carboxylic acids is 1. The van der Waals surface area contributed by atoms with E-state index in [4.69, 9.17) is 9.84 Å². The quantitative estimate of drug-likeness (QED) is 0.670. The summed E-state index contributed by atoms with van der Waals surface area (Å²) in [6.45, 7) is 0.717. The zero-order chi connectivity index (χ0) is 18.3. The SMILES string of the molecule is O=C(O)CCCOc1ccc(CNC(=O)C2CCS(=O)(=O)CC2)cc1.